The van der Waals surface area contributed by atoms with E-state index >= 15 is 0 Å². The molecule has 0 amide bonds. The van der Waals surface area contributed by atoms with Gasteiger partial charge in [-0.05, 0) is 18.2 Å². The summed E-state index contributed by atoms with van der Waals surface area (Å²) in [5.41, 5.74) is 5.11. The molecule has 0 N–H and O–H groups in total. The maximum absolute atomic E-state index is 4.73. The maximum Gasteiger partial charge on any atom is 0.0914 e. The molecule has 0 spiro atoms. The van der Waals surface area contributed by atoms with Crippen molar-refractivity contribution in [2.75, 3.05) is 0 Å². The van der Waals surface area contributed by atoms with Crippen molar-refractivity contribution in [1.29, 1.82) is 0 Å². The lowest BCUT2D eigenvalue weighted by molar-refractivity contribution is 0.969. The molecule has 2 aromatic heterocycles. The van der Waals surface area contributed by atoms with Crippen molar-refractivity contribution >= 4 is 21.9 Å². The van der Waals surface area contributed by atoms with E-state index in [-0.39, 0.29) is 0 Å². The molecule has 3 nitrogen and oxygen atoms in total. The first kappa shape index (κ1) is 11.2. The highest BCUT2D eigenvalue weighted by molar-refractivity contribution is 5.95. The number of rotatable bonds is 1. The van der Waals surface area contributed by atoms with Crippen LogP contribution in [0.25, 0.3) is 33.2 Å². The molecule has 0 unspecified atom stereocenters. The summed E-state index contributed by atoms with van der Waals surface area (Å²) in [5.74, 6) is 0. The smallest absolute Gasteiger partial charge is 0.0914 e. The molecule has 2 aromatic carbocycles. The van der Waals surface area contributed by atoms with Gasteiger partial charge < -0.3 is 4.57 Å². The number of hydrogen-bond donors (Lipinski definition) is 0. The third-order valence-corrected chi connectivity index (χ3v) is 3.62. The summed E-state index contributed by atoms with van der Waals surface area (Å²) in [5, 5.41) is 1.21. The highest BCUT2D eigenvalue weighted by atomic mass is 14.9. The summed E-state index contributed by atoms with van der Waals surface area (Å²) < 4.78 is 2.13. The van der Waals surface area contributed by atoms with Crippen LogP contribution in [-0.4, -0.2) is 14.5 Å². The van der Waals surface area contributed by atoms with Crippen molar-refractivity contribution < 1.29 is 0 Å². The van der Waals surface area contributed by atoms with E-state index in [1.54, 1.807) is 0 Å². The van der Waals surface area contributed by atoms with Gasteiger partial charge in [0.15, 0.2) is 0 Å². The van der Waals surface area contributed by atoms with Gasteiger partial charge in [0.2, 0.25) is 0 Å². The number of fused-ring (bicyclic) bond motifs is 2. The lowest BCUT2D eigenvalue weighted by Gasteiger charge is -2.01. The van der Waals surface area contributed by atoms with Crippen molar-refractivity contribution in [3.63, 3.8) is 0 Å². The number of nitrogens with zero attached hydrogens (tertiary/aromatic N) is 3. The standard InChI is InChI=1S/C17H13N3/c1-20-11-13(12-6-2-5-9-17(12)20)16-10-18-14-7-3-4-8-15(14)19-16/h2-11H,1H3. The third kappa shape index (κ3) is 1.60. The topological polar surface area (TPSA) is 30.7 Å². The monoisotopic (exact) mass is 259 g/mol. The summed E-state index contributed by atoms with van der Waals surface area (Å²) in [6, 6.07) is 16.3. The second kappa shape index (κ2) is 4.17. The van der Waals surface area contributed by atoms with Gasteiger partial charge in [0.05, 0.1) is 22.9 Å². The van der Waals surface area contributed by atoms with Crippen LogP contribution in [0.5, 0.6) is 0 Å². The molecule has 0 saturated carbocycles. The van der Waals surface area contributed by atoms with E-state index in [9.17, 15) is 0 Å². The fourth-order valence-corrected chi connectivity index (χ4v) is 2.63. The minimum absolute atomic E-state index is 0.917. The summed E-state index contributed by atoms with van der Waals surface area (Å²) in [4.78, 5) is 9.23. The third-order valence-electron chi connectivity index (χ3n) is 3.62. The first-order valence-electron chi connectivity index (χ1n) is 6.59. The number of benzene rings is 2. The van der Waals surface area contributed by atoms with Gasteiger partial charge in [0.1, 0.15) is 0 Å². The predicted molar refractivity (Wildman–Crippen MR) is 81.5 cm³/mol. The minimum Gasteiger partial charge on any atom is -0.350 e. The highest BCUT2D eigenvalue weighted by Gasteiger charge is 2.10. The van der Waals surface area contributed by atoms with Crippen LogP contribution in [0.3, 0.4) is 0 Å². The van der Waals surface area contributed by atoms with Gasteiger partial charge in [-0.1, -0.05) is 30.3 Å². The Morgan fingerprint density at radius 2 is 1.65 bits per heavy atom. The molecule has 4 aromatic rings. The molecule has 0 radical (unpaired) electrons. The maximum atomic E-state index is 4.73. The molecule has 0 atom stereocenters. The van der Waals surface area contributed by atoms with Gasteiger partial charge in [-0.3, -0.25) is 4.98 Å². The molecule has 0 aliphatic heterocycles. The largest absolute Gasteiger partial charge is 0.350 e. The molecular weight excluding hydrogens is 246 g/mol. The Morgan fingerprint density at radius 1 is 0.900 bits per heavy atom. The number of hydrogen-bond acceptors (Lipinski definition) is 2. The Hall–Kier alpha value is -2.68. The molecule has 96 valence electrons. The zero-order valence-corrected chi connectivity index (χ0v) is 11.1. The van der Waals surface area contributed by atoms with E-state index in [0.29, 0.717) is 0 Å². The number of aryl methyl sites for hydroxylation is 1. The molecule has 0 aliphatic carbocycles. The molecule has 0 fully saturated rings. The van der Waals surface area contributed by atoms with Crippen LogP contribution >= 0.6 is 0 Å². The van der Waals surface area contributed by atoms with Crippen LogP contribution in [-0.2, 0) is 7.05 Å². The first-order valence-corrected chi connectivity index (χ1v) is 6.59. The van der Waals surface area contributed by atoms with Gasteiger partial charge in [-0.25, -0.2) is 4.98 Å². The van der Waals surface area contributed by atoms with Gasteiger partial charge >= 0.3 is 0 Å². The van der Waals surface area contributed by atoms with E-state index in [0.717, 1.165) is 22.3 Å². The average molecular weight is 259 g/mol. The summed E-state index contributed by atoms with van der Waals surface area (Å²) >= 11 is 0. The van der Waals surface area contributed by atoms with Crippen molar-refractivity contribution in [2.45, 2.75) is 0 Å². The van der Waals surface area contributed by atoms with Gasteiger partial charge in [0, 0.05) is 29.7 Å². The van der Waals surface area contributed by atoms with Gasteiger partial charge in [-0.15, -0.1) is 0 Å². The van der Waals surface area contributed by atoms with Crippen LogP contribution in [0.2, 0.25) is 0 Å². The second-order valence-corrected chi connectivity index (χ2v) is 4.91. The fraction of sp³-hybridized carbons (Fsp3) is 0.0588. The molecule has 20 heavy (non-hydrogen) atoms. The Kier molecular flexibility index (Phi) is 2.33. The van der Waals surface area contributed by atoms with Crippen LogP contribution in [0.4, 0.5) is 0 Å². The van der Waals surface area contributed by atoms with Crippen LogP contribution in [0, 0.1) is 0 Å². The Labute approximate surface area is 116 Å². The molecule has 2 heterocycles. The highest BCUT2D eigenvalue weighted by Crippen LogP contribution is 2.29. The second-order valence-electron chi connectivity index (χ2n) is 4.91. The normalized spacial score (nSPS) is 11.2. The van der Waals surface area contributed by atoms with Crippen molar-refractivity contribution in [3.05, 3.63) is 60.9 Å². The summed E-state index contributed by atoms with van der Waals surface area (Å²) in [7, 11) is 2.06. The lowest BCUT2D eigenvalue weighted by atomic mass is 10.1. The molecule has 0 aliphatic rings. The first-order chi connectivity index (χ1) is 9.83. The number of para-hydroxylation sites is 3. The van der Waals surface area contributed by atoms with Crippen molar-refractivity contribution in [1.82, 2.24) is 14.5 Å². The minimum atomic E-state index is 0.917. The Balaban J connectivity index is 2.01. The fourth-order valence-electron chi connectivity index (χ4n) is 2.63. The zero-order valence-electron chi connectivity index (χ0n) is 11.1. The van der Waals surface area contributed by atoms with E-state index in [1.165, 1.54) is 10.9 Å². The van der Waals surface area contributed by atoms with Crippen LogP contribution in [0.1, 0.15) is 0 Å². The quantitative estimate of drug-likeness (QED) is 0.520. The average Bonchev–Trinajstić information content (AvgIpc) is 2.85. The van der Waals surface area contributed by atoms with Gasteiger partial charge in [0.25, 0.3) is 0 Å². The Morgan fingerprint density at radius 3 is 2.55 bits per heavy atom. The molecule has 0 saturated heterocycles. The van der Waals surface area contributed by atoms with Crippen molar-refractivity contribution in [2.24, 2.45) is 7.05 Å². The molecule has 3 heteroatoms. The van der Waals surface area contributed by atoms with E-state index in [1.807, 2.05) is 30.5 Å². The van der Waals surface area contributed by atoms with Gasteiger partial charge in [-0.2, -0.15) is 0 Å². The van der Waals surface area contributed by atoms with E-state index in [4.69, 9.17) is 4.98 Å². The predicted octanol–water partition coefficient (Wildman–Crippen LogP) is 3.79. The number of aromatic nitrogens is 3. The molecule has 0 bridgehead atoms. The lowest BCUT2D eigenvalue weighted by Crippen LogP contribution is -1.87. The summed E-state index contributed by atoms with van der Waals surface area (Å²) in [6.07, 6.45) is 3.97. The molecule has 4 rings (SSSR count). The summed E-state index contributed by atoms with van der Waals surface area (Å²) in [6.45, 7) is 0. The zero-order chi connectivity index (χ0) is 13.5. The van der Waals surface area contributed by atoms with Crippen LogP contribution in [0.15, 0.2) is 60.9 Å². The molecular formula is C17H13N3. The van der Waals surface area contributed by atoms with Crippen LogP contribution < -0.4 is 0 Å². The van der Waals surface area contributed by atoms with E-state index < -0.39 is 0 Å². The van der Waals surface area contributed by atoms with E-state index in [2.05, 4.69) is 47.1 Å². The Bertz CT molecular complexity index is 922. The SMILES string of the molecule is Cn1cc(-c2cnc3ccccc3n2)c2ccccc21. The van der Waals surface area contributed by atoms with Crippen molar-refractivity contribution in [3.8, 4) is 11.3 Å².